The zero-order valence-electron chi connectivity index (χ0n) is 15.2. The van der Waals surface area contributed by atoms with E-state index in [0.717, 1.165) is 28.5 Å². The molecule has 0 saturated heterocycles. The van der Waals surface area contributed by atoms with Crippen molar-refractivity contribution in [1.29, 1.82) is 0 Å². The summed E-state index contributed by atoms with van der Waals surface area (Å²) in [5.41, 5.74) is 0.831. The standard InChI is InChI=1S/C18H25Cl3IN3OS/c1-2-3-4-5-6-7-12-15(26)24-16(18(19,20)21)25-17(27)23-14-11-9-8-10-13(14)22/h8-11,16H,2-7,12H2,1H3,(H,24,26)(H2,23,25,27)/t16-/m0/s1. The Morgan fingerprint density at radius 1 is 1.11 bits per heavy atom. The summed E-state index contributed by atoms with van der Waals surface area (Å²) in [6.07, 6.45) is 6.06. The SMILES string of the molecule is CCCCCCCCC(=O)N[C@@H](NC(=S)Nc1ccccc1I)C(Cl)(Cl)Cl. The molecule has 0 aliphatic rings. The second-order valence-corrected chi connectivity index (χ2v) is 10.1. The van der Waals surface area contributed by atoms with E-state index in [2.05, 4.69) is 45.5 Å². The summed E-state index contributed by atoms with van der Waals surface area (Å²) in [6, 6.07) is 7.65. The third-order valence-electron chi connectivity index (χ3n) is 3.79. The number of thiocarbonyl (C=S) groups is 1. The van der Waals surface area contributed by atoms with Crippen LogP contribution >= 0.6 is 69.6 Å². The predicted octanol–water partition coefficient (Wildman–Crippen LogP) is 6.14. The van der Waals surface area contributed by atoms with Gasteiger partial charge in [-0.1, -0.05) is 86.0 Å². The number of carbonyl (C=O) groups excluding carboxylic acids is 1. The first-order valence-electron chi connectivity index (χ1n) is 8.92. The van der Waals surface area contributed by atoms with Crippen LogP contribution in [-0.2, 0) is 4.79 Å². The minimum absolute atomic E-state index is 0.175. The van der Waals surface area contributed by atoms with Crippen LogP contribution in [0.5, 0.6) is 0 Å². The molecule has 0 aromatic heterocycles. The molecule has 1 aromatic rings. The van der Waals surface area contributed by atoms with E-state index in [1.165, 1.54) is 19.3 Å². The van der Waals surface area contributed by atoms with Crippen molar-refractivity contribution in [3.8, 4) is 0 Å². The lowest BCUT2D eigenvalue weighted by Crippen LogP contribution is -2.56. The Balaban J connectivity index is 2.49. The third-order valence-corrected chi connectivity index (χ3v) is 5.60. The molecule has 1 amide bonds. The molecule has 27 heavy (non-hydrogen) atoms. The van der Waals surface area contributed by atoms with Crippen LogP contribution in [0.1, 0.15) is 51.9 Å². The second-order valence-electron chi connectivity index (χ2n) is 6.14. The first kappa shape index (κ1) is 25.0. The second kappa shape index (κ2) is 13.2. The Hall–Kier alpha value is -0.0200. The van der Waals surface area contributed by atoms with Crippen molar-refractivity contribution in [2.24, 2.45) is 0 Å². The molecule has 0 saturated carbocycles. The molecule has 0 aliphatic heterocycles. The number of amides is 1. The molecule has 9 heteroatoms. The molecule has 0 fully saturated rings. The summed E-state index contributed by atoms with van der Waals surface area (Å²) in [5, 5.41) is 8.89. The van der Waals surface area contributed by atoms with Gasteiger partial charge in [-0.2, -0.15) is 0 Å². The van der Waals surface area contributed by atoms with E-state index in [0.29, 0.717) is 6.42 Å². The minimum Gasteiger partial charge on any atom is -0.339 e. The molecule has 0 unspecified atom stereocenters. The highest BCUT2D eigenvalue weighted by Crippen LogP contribution is 2.29. The maximum Gasteiger partial charge on any atom is 0.228 e. The van der Waals surface area contributed by atoms with Crippen LogP contribution in [0.2, 0.25) is 0 Å². The maximum absolute atomic E-state index is 12.2. The van der Waals surface area contributed by atoms with E-state index in [4.69, 9.17) is 47.0 Å². The lowest BCUT2D eigenvalue weighted by atomic mass is 10.1. The van der Waals surface area contributed by atoms with Crippen LogP contribution in [0.3, 0.4) is 0 Å². The fourth-order valence-electron chi connectivity index (χ4n) is 2.35. The first-order chi connectivity index (χ1) is 12.7. The van der Waals surface area contributed by atoms with Gasteiger partial charge >= 0.3 is 0 Å². The number of carbonyl (C=O) groups is 1. The molecule has 1 aromatic carbocycles. The molecule has 0 spiro atoms. The number of para-hydroxylation sites is 1. The topological polar surface area (TPSA) is 53.2 Å². The molecular formula is C18H25Cl3IN3OS. The van der Waals surface area contributed by atoms with E-state index in [-0.39, 0.29) is 11.0 Å². The first-order valence-corrected chi connectivity index (χ1v) is 11.5. The zero-order valence-corrected chi connectivity index (χ0v) is 20.4. The van der Waals surface area contributed by atoms with Crippen LogP contribution in [0.25, 0.3) is 0 Å². The van der Waals surface area contributed by atoms with Crippen LogP contribution in [0, 0.1) is 3.57 Å². The molecule has 1 rings (SSSR count). The van der Waals surface area contributed by atoms with Crippen LogP contribution in [0.15, 0.2) is 24.3 Å². The van der Waals surface area contributed by atoms with Crippen LogP contribution in [0.4, 0.5) is 5.69 Å². The number of alkyl halides is 3. The van der Waals surface area contributed by atoms with Gasteiger partial charge in [0.1, 0.15) is 6.17 Å². The molecular weight excluding hydrogens is 540 g/mol. The summed E-state index contributed by atoms with van der Waals surface area (Å²) in [4.78, 5) is 12.2. The lowest BCUT2D eigenvalue weighted by Gasteiger charge is -2.28. The number of halogens is 4. The minimum atomic E-state index is -1.74. The quantitative estimate of drug-likeness (QED) is 0.105. The van der Waals surface area contributed by atoms with Gasteiger partial charge in [-0.15, -0.1) is 0 Å². The number of anilines is 1. The highest BCUT2D eigenvalue weighted by Gasteiger charge is 2.34. The number of benzene rings is 1. The summed E-state index contributed by atoms with van der Waals surface area (Å²) in [7, 11) is 0. The van der Waals surface area contributed by atoms with Crippen molar-refractivity contribution in [1.82, 2.24) is 10.6 Å². The van der Waals surface area contributed by atoms with Crippen molar-refractivity contribution in [3.05, 3.63) is 27.8 Å². The summed E-state index contributed by atoms with van der Waals surface area (Å²) in [6.45, 7) is 2.18. The van der Waals surface area contributed by atoms with Crippen LogP contribution < -0.4 is 16.0 Å². The smallest absolute Gasteiger partial charge is 0.228 e. The van der Waals surface area contributed by atoms with Gasteiger partial charge in [-0.3, -0.25) is 4.79 Å². The van der Waals surface area contributed by atoms with Crippen molar-refractivity contribution in [2.75, 3.05) is 5.32 Å². The Labute approximate surface area is 195 Å². The number of nitrogens with one attached hydrogen (secondary N) is 3. The van der Waals surface area contributed by atoms with Gasteiger partial charge in [0.05, 0.1) is 5.69 Å². The van der Waals surface area contributed by atoms with E-state index in [9.17, 15) is 4.79 Å². The molecule has 0 radical (unpaired) electrons. The largest absolute Gasteiger partial charge is 0.339 e. The lowest BCUT2D eigenvalue weighted by molar-refractivity contribution is -0.122. The molecule has 0 aliphatic carbocycles. The number of hydrogen-bond donors (Lipinski definition) is 3. The van der Waals surface area contributed by atoms with Gasteiger partial charge in [-0.25, -0.2) is 0 Å². The normalized spacial score (nSPS) is 12.3. The van der Waals surface area contributed by atoms with Gasteiger partial charge in [0.2, 0.25) is 9.70 Å². The molecule has 0 heterocycles. The third kappa shape index (κ3) is 10.9. The Bertz CT molecular complexity index is 614. The zero-order chi connectivity index (χ0) is 20.3. The molecule has 0 bridgehead atoms. The highest BCUT2D eigenvalue weighted by molar-refractivity contribution is 14.1. The summed E-state index contributed by atoms with van der Waals surface area (Å²) < 4.78 is -0.747. The molecule has 1 atom stereocenters. The molecule has 3 N–H and O–H groups in total. The van der Waals surface area contributed by atoms with E-state index in [1.54, 1.807) is 0 Å². The molecule has 4 nitrogen and oxygen atoms in total. The average Bonchev–Trinajstić information content (AvgIpc) is 2.58. The van der Waals surface area contributed by atoms with Gasteiger partial charge in [-0.05, 0) is 53.4 Å². The summed E-state index contributed by atoms with van der Waals surface area (Å²) in [5.74, 6) is -0.175. The number of unbranched alkanes of at least 4 members (excludes halogenated alkanes) is 5. The number of hydrogen-bond acceptors (Lipinski definition) is 2. The summed E-state index contributed by atoms with van der Waals surface area (Å²) >= 11 is 25.5. The monoisotopic (exact) mass is 563 g/mol. The van der Waals surface area contributed by atoms with Gasteiger partial charge in [0.25, 0.3) is 0 Å². The van der Waals surface area contributed by atoms with Gasteiger partial charge in [0, 0.05) is 9.99 Å². The predicted molar refractivity (Wildman–Crippen MR) is 129 cm³/mol. The van der Waals surface area contributed by atoms with E-state index < -0.39 is 9.96 Å². The maximum atomic E-state index is 12.2. The fourth-order valence-corrected chi connectivity index (χ4v) is 3.43. The van der Waals surface area contributed by atoms with Crippen molar-refractivity contribution in [2.45, 2.75) is 61.8 Å². The van der Waals surface area contributed by atoms with Crippen molar-refractivity contribution in [3.63, 3.8) is 0 Å². The van der Waals surface area contributed by atoms with Crippen molar-refractivity contribution < 1.29 is 4.79 Å². The van der Waals surface area contributed by atoms with E-state index >= 15 is 0 Å². The van der Waals surface area contributed by atoms with Gasteiger partial charge < -0.3 is 16.0 Å². The molecule has 152 valence electrons. The fraction of sp³-hybridized carbons (Fsp3) is 0.556. The van der Waals surface area contributed by atoms with Crippen molar-refractivity contribution >= 4 is 86.3 Å². The van der Waals surface area contributed by atoms with E-state index in [1.807, 2.05) is 24.3 Å². The van der Waals surface area contributed by atoms with Crippen LogP contribution in [-0.4, -0.2) is 21.0 Å². The Morgan fingerprint density at radius 2 is 1.74 bits per heavy atom. The Kier molecular flexibility index (Phi) is 12.3. The van der Waals surface area contributed by atoms with Gasteiger partial charge in [0.15, 0.2) is 5.11 Å². The Morgan fingerprint density at radius 3 is 2.37 bits per heavy atom. The number of rotatable bonds is 10. The highest BCUT2D eigenvalue weighted by atomic mass is 127. The average molecular weight is 565 g/mol.